The number of hydrogen-bond acceptors (Lipinski definition) is 7. The van der Waals surface area contributed by atoms with E-state index in [0.717, 1.165) is 16.9 Å². The predicted octanol–water partition coefficient (Wildman–Crippen LogP) is 2.91. The van der Waals surface area contributed by atoms with Crippen LogP contribution in [0.4, 0.5) is 5.13 Å². The van der Waals surface area contributed by atoms with Gasteiger partial charge >= 0.3 is 5.97 Å². The Morgan fingerprint density at radius 3 is 2.61 bits per heavy atom. The van der Waals surface area contributed by atoms with Crippen molar-refractivity contribution < 1.29 is 17.9 Å². The first-order valence-electron chi connectivity index (χ1n) is 6.72. The van der Waals surface area contributed by atoms with Gasteiger partial charge in [0, 0.05) is 0 Å². The molecule has 2 rings (SSSR count). The highest BCUT2D eigenvalue weighted by molar-refractivity contribution is 7.91. The molecule has 0 bridgehead atoms. The van der Waals surface area contributed by atoms with E-state index in [9.17, 15) is 13.2 Å². The van der Waals surface area contributed by atoms with Crippen LogP contribution < -0.4 is 5.32 Å². The van der Waals surface area contributed by atoms with E-state index in [-0.39, 0.29) is 32.5 Å². The third-order valence-corrected chi connectivity index (χ3v) is 5.98. The molecule has 1 aromatic heterocycles. The van der Waals surface area contributed by atoms with E-state index in [1.54, 1.807) is 19.1 Å². The molecule has 0 aliphatic heterocycles. The first-order valence-corrected chi connectivity index (χ1v) is 9.40. The molecule has 1 N–H and O–H groups in total. The molecule has 0 unspecified atom stereocenters. The topological polar surface area (TPSA) is 85.4 Å². The zero-order valence-corrected chi connectivity index (χ0v) is 14.9. The summed E-state index contributed by atoms with van der Waals surface area (Å²) in [6.07, 6.45) is 0. The molecule has 0 fully saturated rings. The Morgan fingerprint density at radius 2 is 2.00 bits per heavy atom. The Morgan fingerprint density at radius 1 is 1.35 bits per heavy atom. The number of sulfone groups is 1. The largest absolute Gasteiger partial charge is 0.465 e. The van der Waals surface area contributed by atoms with E-state index in [2.05, 4.69) is 10.3 Å². The molecular formula is C14H15ClN2O4S2. The van der Waals surface area contributed by atoms with Crippen LogP contribution in [0.15, 0.2) is 34.2 Å². The van der Waals surface area contributed by atoms with Crippen LogP contribution >= 0.6 is 22.9 Å². The van der Waals surface area contributed by atoms with E-state index in [1.165, 1.54) is 12.1 Å². The van der Waals surface area contributed by atoms with Crippen LogP contribution in [-0.2, 0) is 19.4 Å². The quantitative estimate of drug-likeness (QED) is 0.782. The van der Waals surface area contributed by atoms with Gasteiger partial charge in [-0.2, -0.15) is 0 Å². The molecule has 9 heteroatoms. The van der Waals surface area contributed by atoms with Crippen molar-refractivity contribution in [1.29, 1.82) is 0 Å². The van der Waals surface area contributed by atoms with E-state index in [4.69, 9.17) is 16.3 Å². The zero-order chi connectivity index (χ0) is 17.0. The maximum absolute atomic E-state index is 12.6. The Bertz CT molecular complexity index is 801. The standard InChI is InChI=1S/C14H15ClN2O4S2/c1-3-21-11(18)8-16-14-17-13(12(15)22-14)23(19,20)10-6-4-9(2)5-7-10/h4-7H,3,8H2,1-2H3,(H,16,17). The normalized spacial score (nSPS) is 11.3. The summed E-state index contributed by atoms with van der Waals surface area (Å²) in [5.74, 6) is -0.457. The average Bonchev–Trinajstić information content (AvgIpc) is 2.88. The number of hydrogen-bond donors (Lipinski definition) is 1. The molecule has 1 aromatic carbocycles. The second kappa shape index (κ2) is 7.29. The lowest BCUT2D eigenvalue weighted by molar-refractivity contribution is -0.140. The summed E-state index contributed by atoms with van der Waals surface area (Å²) in [5, 5.41) is 2.73. The Hall–Kier alpha value is -1.64. The number of anilines is 1. The van der Waals surface area contributed by atoms with Crippen LogP contribution in [0.2, 0.25) is 4.34 Å². The second-order valence-corrected chi connectivity index (χ2v) is 8.04. The summed E-state index contributed by atoms with van der Waals surface area (Å²) in [6.45, 7) is 3.72. The summed E-state index contributed by atoms with van der Waals surface area (Å²) in [6, 6.07) is 6.41. The van der Waals surface area contributed by atoms with Crippen molar-refractivity contribution in [3.05, 3.63) is 34.2 Å². The number of halogens is 1. The van der Waals surface area contributed by atoms with Gasteiger partial charge in [-0.05, 0) is 26.0 Å². The predicted molar refractivity (Wildman–Crippen MR) is 88.9 cm³/mol. The molecule has 0 saturated carbocycles. The minimum Gasteiger partial charge on any atom is -0.465 e. The minimum atomic E-state index is -3.80. The third-order valence-electron chi connectivity index (χ3n) is 2.83. The highest BCUT2D eigenvalue weighted by Crippen LogP contribution is 2.34. The van der Waals surface area contributed by atoms with Crippen molar-refractivity contribution in [3.63, 3.8) is 0 Å². The van der Waals surface area contributed by atoms with Crippen molar-refractivity contribution in [2.45, 2.75) is 23.8 Å². The van der Waals surface area contributed by atoms with Crippen LogP contribution in [-0.4, -0.2) is 32.5 Å². The summed E-state index contributed by atoms with van der Waals surface area (Å²) >= 11 is 6.96. The van der Waals surface area contributed by atoms with Gasteiger partial charge in [-0.25, -0.2) is 13.4 Å². The molecule has 0 spiro atoms. The first kappa shape index (κ1) is 17.7. The van der Waals surface area contributed by atoms with Crippen LogP contribution in [0.1, 0.15) is 12.5 Å². The van der Waals surface area contributed by atoms with Crippen molar-refractivity contribution in [3.8, 4) is 0 Å². The molecule has 0 saturated heterocycles. The molecular weight excluding hydrogens is 360 g/mol. The SMILES string of the molecule is CCOC(=O)CNc1nc(S(=O)(=O)c2ccc(C)cc2)c(Cl)s1. The lowest BCUT2D eigenvalue weighted by Crippen LogP contribution is -2.16. The van der Waals surface area contributed by atoms with Gasteiger partial charge in [0.25, 0.3) is 0 Å². The van der Waals surface area contributed by atoms with E-state index >= 15 is 0 Å². The average molecular weight is 375 g/mol. The lowest BCUT2D eigenvalue weighted by Gasteiger charge is -2.03. The number of nitrogens with one attached hydrogen (secondary N) is 1. The summed E-state index contributed by atoms with van der Waals surface area (Å²) in [4.78, 5) is 15.4. The fourth-order valence-corrected chi connectivity index (χ4v) is 4.52. The van der Waals surface area contributed by atoms with Crippen molar-refractivity contribution >= 4 is 43.9 Å². The fourth-order valence-electron chi connectivity index (χ4n) is 1.72. The Balaban J connectivity index is 2.23. The van der Waals surface area contributed by atoms with Gasteiger partial charge in [0.1, 0.15) is 10.9 Å². The van der Waals surface area contributed by atoms with Crippen LogP contribution in [0, 0.1) is 6.92 Å². The fraction of sp³-hybridized carbons (Fsp3) is 0.286. The van der Waals surface area contributed by atoms with Gasteiger partial charge in [0.2, 0.25) is 9.84 Å². The van der Waals surface area contributed by atoms with E-state index < -0.39 is 15.8 Å². The third kappa shape index (κ3) is 4.21. The number of esters is 1. The van der Waals surface area contributed by atoms with Gasteiger partial charge in [-0.1, -0.05) is 40.6 Å². The number of nitrogens with zero attached hydrogens (tertiary/aromatic N) is 1. The number of thiazole rings is 1. The second-order valence-electron chi connectivity index (χ2n) is 4.57. The van der Waals surface area contributed by atoms with Gasteiger partial charge < -0.3 is 10.1 Å². The first-order chi connectivity index (χ1) is 10.8. The highest BCUT2D eigenvalue weighted by atomic mass is 35.5. The van der Waals surface area contributed by atoms with Crippen LogP contribution in [0.3, 0.4) is 0 Å². The maximum atomic E-state index is 12.6. The number of rotatable bonds is 6. The van der Waals surface area contributed by atoms with Crippen LogP contribution in [0.5, 0.6) is 0 Å². The van der Waals surface area contributed by atoms with Crippen molar-refractivity contribution in [2.24, 2.45) is 0 Å². The van der Waals surface area contributed by atoms with Gasteiger partial charge in [0.15, 0.2) is 10.2 Å². The minimum absolute atomic E-state index is 0.0388. The summed E-state index contributed by atoms with van der Waals surface area (Å²) < 4.78 is 29.9. The van der Waals surface area contributed by atoms with Crippen molar-refractivity contribution in [1.82, 2.24) is 4.98 Å². The number of benzene rings is 1. The maximum Gasteiger partial charge on any atom is 0.325 e. The van der Waals surface area contributed by atoms with E-state index in [1.807, 2.05) is 6.92 Å². The van der Waals surface area contributed by atoms with E-state index in [0.29, 0.717) is 0 Å². The molecule has 0 amide bonds. The molecule has 0 radical (unpaired) electrons. The molecule has 6 nitrogen and oxygen atoms in total. The van der Waals surface area contributed by atoms with Gasteiger partial charge in [-0.15, -0.1) is 0 Å². The molecule has 1 heterocycles. The molecule has 124 valence electrons. The summed E-state index contributed by atoms with van der Waals surface area (Å²) in [7, 11) is -3.80. The molecule has 0 aliphatic carbocycles. The number of carbonyl (C=O) groups excluding carboxylic acids is 1. The molecule has 23 heavy (non-hydrogen) atoms. The van der Waals surface area contributed by atoms with Gasteiger partial charge in [-0.3, -0.25) is 4.79 Å². The summed E-state index contributed by atoms with van der Waals surface area (Å²) in [5.41, 5.74) is 0.949. The van der Waals surface area contributed by atoms with Crippen LogP contribution in [0.25, 0.3) is 0 Å². The monoisotopic (exact) mass is 374 g/mol. The lowest BCUT2D eigenvalue weighted by atomic mass is 10.2. The smallest absolute Gasteiger partial charge is 0.325 e. The van der Waals surface area contributed by atoms with Crippen molar-refractivity contribution in [2.75, 3.05) is 18.5 Å². The number of ether oxygens (including phenoxy) is 1. The number of aryl methyl sites for hydroxylation is 1. The number of aromatic nitrogens is 1. The van der Waals surface area contributed by atoms with Gasteiger partial charge in [0.05, 0.1) is 11.5 Å². The molecule has 0 aliphatic rings. The Labute approximate surface area is 143 Å². The zero-order valence-electron chi connectivity index (χ0n) is 12.5. The number of carbonyl (C=O) groups is 1. The highest BCUT2D eigenvalue weighted by Gasteiger charge is 2.25. The molecule has 2 aromatic rings. The Kier molecular flexibility index (Phi) is 5.61. The molecule has 0 atom stereocenters.